The van der Waals surface area contributed by atoms with Gasteiger partial charge in [0.15, 0.2) is 0 Å². The van der Waals surface area contributed by atoms with Crippen molar-refractivity contribution in [3.05, 3.63) is 54.4 Å². The van der Waals surface area contributed by atoms with Gasteiger partial charge in [0.1, 0.15) is 4.34 Å². The third-order valence-electron chi connectivity index (χ3n) is 2.96. The zero-order chi connectivity index (χ0) is 14.8. The Labute approximate surface area is 144 Å². The average molecular weight is 400 g/mol. The van der Waals surface area contributed by atoms with E-state index in [1.165, 1.54) is 4.88 Å². The Morgan fingerprint density at radius 2 is 2.05 bits per heavy atom. The average Bonchev–Trinajstić information content (AvgIpc) is 3.04. The van der Waals surface area contributed by atoms with Gasteiger partial charge in [0.25, 0.3) is 0 Å². The summed E-state index contributed by atoms with van der Waals surface area (Å²) >= 11 is 12.7. The molecule has 108 valence electrons. The summed E-state index contributed by atoms with van der Waals surface area (Å²) < 4.78 is 1.75. The zero-order valence-corrected chi connectivity index (χ0v) is 15.2. The van der Waals surface area contributed by atoms with Crippen molar-refractivity contribution >= 4 is 55.9 Å². The topological polar surface area (TPSA) is 24.9 Å². The molecular formula is C15H12BrClN2S2. The summed E-state index contributed by atoms with van der Waals surface area (Å²) in [6.45, 7) is 2.79. The lowest BCUT2D eigenvalue weighted by atomic mass is 10.1. The van der Waals surface area contributed by atoms with Gasteiger partial charge in [-0.15, -0.1) is 22.7 Å². The minimum absolute atomic E-state index is 0.769. The van der Waals surface area contributed by atoms with Crippen molar-refractivity contribution in [2.45, 2.75) is 13.5 Å². The molecule has 21 heavy (non-hydrogen) atoms. The Hall–Kier alpha value is -0.880. The van der Waals surface area contributed by atoms with E-state index in [1.807, 2.05) is 13.0 Å². The highest BCUT2D eigenvalue weighted by Gasteiger charge is 2.05. The molecule has 2 nitrogen and oxygen atoms in total. The van der Waals surface area contributed by atoms with Gasteiger partial charge in [-0.25, -0.2) is 4.98 Å². The van der Waals surface area contributed by atoms with Crippen molar-refractivity contribution in [2.75, 3.05) is 5.32 Å². The summed E-state index contributed by atoms with van der Waals surface area (Å²) in [5.41, 5.74) is 3.27. The first-order valence-corrected chi connectivity index (χ1v) is 9.18. The SMILES string of the molecule is Cc1nc(-c2ccc(NCc3cc(Br)c(Cl)s3)cc2)cs1. The molecule has 0 unspecified atom stereocenters. The van der Waals surface area contributed by atoms with Crippen molar-refractivity contribution in [1.29, 1.82) is 0 Å². The van der Waals surface area contributed by atoms with Gasteiger partial charge in [0, 0.05) is 32.5 Å². The molecule has 3 rings (SSSR count). The Kier molecular flexibility index (Phi) is 4.64. The van der Waals surface area contributed by atoms with Crippen LogP contribution in [-0.4, -0.2) is 4.98 Å². The van der Waals surface area contributed by atoms with E-state index in [9.17, 15) is 0 Å². The highest BCUT2D eigenvalue weighted by atomic mass is 79.9. The van der Waals surface area contributed by atoms with Crippen molar-refractivity contribution in [1.82, 2.24) is 4.98 Å². The van der Waals surface area contributed by atoms with Crippen LogP contribution in [0.3, 0.4) is 0 Å². The lowest BCUT2D eigenvalue weighted by Crippen LogP contribution is -1.96. The largest absolute Gasteiger partial charge is 0.380 e. The van der Waals surface area contributed by atoms with Gasteiger partial charge in [-0.05, 0) is 41.1 Å². The lowest BCUT2D eigenvalue weighted by molar-refractivity contribution is 1.19. The number of nitrogens with one attached hydrogen (secondary N) is 1. The van der Waals surface area contributed by atoms with Gasteiger partial charge in [0.2, 0.25) is 0 Å². The molecule has 6 heteroatoms. The second-order valence-corrected chi connectivity index (χ2v) is 8.17. The minimum atomic E-state index is 0.769. The Balaban J connectivity index is 1.67. The number of hydrogen-bond acceptors (Lipinski definition) is 4. The van der Waals surface area contributed by atoms with E-state index in [1.54, 1.807) is 22.7 Å². The minimum Gasteiger partial charge on any atom is -0.380 e. The van der Waals surface area contributed by atoms with Crippen molar-refractivity contribution in [3.8, 4) is 11.3 Å². The molecule has 2 heterocycles. The number of hydrogen-bond donors (Lipinski definition) is 1. The fourth-order valence-electron chi connectivity index (χ4n) is 1.92. The van der Waals surface area contributed by atoms with Crippen LogP contribution >= 0.6 is 50.2 Å². The van der Waals surface area contributed by atoms with Crippen LogP contribution < -0.4 is 5.32 Å². The summed E-state index contributed by atoms with van der Waals surface area (Å²) in [6.07, 6.45) is 0. The van der Waals surface area contributed by atoms with Crippen LogP contribution in [0, 0.1) is 6.92 Å². The molecule has 0 aliphatic heterocycles. The van der Waals surface area contributed by atoms with Gasteiger partial charge in [-0.1, -0.05) is 23.7 Å². The molecule has 0 spiro atoms. The second kappa shape index (κ2) is 6.48. The van der Waals surface area contributed by atoms with E-state index in [0.29, 0.717) is 0 Å². The van der Waals surface area contributed by atoms with E-state index < -0.39 is 0 Å². The molecule has 0 amide bonds. The maximum atomic E-state index is 6.04. The Morgan fingerprint density at radius 1 is 1.29 bits per heavy atom. The van der Waals surface area contributed by atoms with E-state index in [-0.39, 0.29) is 0 Å². The molecule has 1 aromatic carbocycles. The first-order valence-electron chi connectivity index (χ1n) is 6.32. The molecule has 0 atom stereocenters. The third kappa shape index (κ3) is 3.66. The first-order chi connectivity index (χ1) is 10.1. The second-order valence-electron chi connectivity index (χ2n) is 4.52. The quantitative estimate of drug-likeness (QED) is 0.564. The molecule has 0 saturated heterocycles. The number of benzene rings is 1. The fraction of sp³-hybridized carbons (Fsp3) is 0.133. The molecule has 0 radical (unpaired) electrons. The van der Waals surface area contributed by atoms with Gasteiger partial charge < -0.3 is 5.32 Å². The number of thiophene rings is 1. The van der Waals surface area contributed by atoms with Crippen LogP contribution in [-0.2, 0) is 6.54 Å². The number of thiazole rings is 1. The van der Waals surface area contributed by atoms with Crippen LogP contribution in [0.15, 0.2) is 40.2 Å². The molecule has 2 aromatic heterocycles. The standard InChI is InChI=1S/C15H12BrClN2S2/c1-9-19-14(8-20-9)10-2-4-11(5-3-10)18-7-12-6-13(16)15(17)21-12/h2-6,8,18H,7H2,1H3. The van der Waals surface area contributed by atoms with Crippen molar-refractivity contribution in [2.24, 2.45) is 0 Å². The number of rotatable bonds is 4. The van der Waals surface area contributed by atoms with Crippen molar-refractivity contribution in [3.63, 3.8) is 0 Å². The molecule has 0 fully saturated rings. The van der Waals surface area contributed by atoms with E-state index in [0.717, 1.165) is 37.3 Å². The molecule has 0 saturated carbocycles. The lowest BCUT2D eigenvalue weighted by Gasteiger charge is -2.05. The summed E-state index contributed by atoms with van der Waals surface area (Å²) in [4.78, 5) is 5.70. The maximum Gasteiger partial charge on any atom is 0.107 e. The Bertz CT molecular complexity index is 730. The van der Waals surface area contributed by atoms with Gasteiger partial charge in [0.05, 0.1) is 10.7 Å². The third-order valence-corrected chi connectivity index (χ3v) is 6.21. The van der Waals surface area contributed by atoms with Crippen LogP contribution in [0.1, 0.15) is 9.88 Å². The molecule has 1 N–H and O–H groups in total. The molecule has 3 aromatic rings. The zero-order valence-electron chi connectivity index (χ0n) is 11.2. The first kappa shape index (κ1) is 15.0. The summed E-state index contributed by atoms with van der Waals surface area (Å²) in [7, 11) is 0. The monoisotopic (exact) mass is 398 g/mol. The highest BCUT2D eigenvalue weighted by molar-refractivity contribution is 9.10. The van der Waals surface area contributed by atoms with Crippen LogP contribution in [0.4, 0.5) is 5.69 Å². The molecule has 0 aliphatic rings. The number of anilines is 1. The summed E-state index contributed by atoms with van der Waals surface area (Å²) in [5.74, 6) is 0. The normalized spacial score (nSPS) is 10.8. The van der Waals surface area contributed by atoms with E-state index in [4.69, 9.17) is 11.6 Å². The maximum absolute atomic E-state index is 6.04. The number of aryl methyl sites for hydroxylation is 1. The fourth-order valence-corrected chi connectivity index (χ4v) is 4.27. The summed E-state index contributed by atoms with van der Waals surface area (Å²) in [6, 6.07) is 10.4. The molecule has 0 bridgehead atoms. The predicted octanol–water partition coefficient (Wildman–Crippen LogP) is 6.21. The van der Waals surface area contributed by atoms with Crippen LogP contribution in [0.2, 0.25) is 4.34 Å². The number of halogens is 2. The summed E-state index contributed by atoms with van der Waals surface area (Å²) in [5, 5.41) is 6.57. The van der Waals surface area contributed by atoms with Crippen molar-refractivity contribution < 1.29 is 0 Å². The number of nitrogens with zero attached hydrogens (tertiary/aromatic N) is 1. The predicted molar refractivity (Wildman–Crippen MR) is 96.6 cm³/mol. The van der Waals surface area contributed by atoms with E-state index >= 15 is 0 Å². The molecular weight excluding hydrogens is 388 g/mol. The number of aromatic nitrogens is 1. The Morgan fingerprint density at radius 3 is 2.62 bits per heavy atom. The van der Waals surface area contributed by atoms with Gasteiger partial charge in [-0.3, -0.25) is 0 Å². The van der Waals surface area contributed by atoms with E-state index in [2.05, 4.69) is 55.9 Å². The van der Waals surface area contributed by atoms with Gasteiger partial charge in [-0.2, -0.15) is 0 Å². The highest BCUT2D eigenvalue weighted by Crippen LogP contribution is 2.32. The van der Waals surface area contributed by atoms with Gasteiger partial charge >= 0.3 is 0 Å². The smallest absolute Gasteiger partial charge is 0.107 e. The van der Waals surface area contributed by atoms with Crippen LogP contribution in [0.25, 0.3) is 11.3 Å². The molecule has 0 aliphatic carbocycles. The van der Waals surface area contributed by atoms with Crippen LogP contribution in [0.5, 0.6) is 0 Å².